The van der Waals surface area contributed by atoms with E-state index in [0.717, 1.165) is 14.4 Å². The number of thiazole rings is 1. The molecular formula is C11H11BrN2O2S2. The van der Waals surface area contributed by atoms with Crippen molar-refractivity contribution < 1.29 is 9.90 Å². The van der Waals surface area contributed by atoms with E-state index >= 15 is 0 Å². The zero-order valence-electron chi connectivity index (χ0n) is 9.59. The number of amides is 1. The summed E-state index contributed by atoms with van der Waals surface area (Å²) in [5.74, 6) is -0.165. The van der Waals surface area contributed by atoms with Crippen LogP contribution in [0.3, 0.4) is 0 Å². The average Bonchev–Trinajstić information content (AvgIpc) is 2.96. The molecule has 96 valence electrons. The molecule has 4 nitrogen and oxygen atoms in total. The van der Waals surface area contributed by atoms with Gasteiger partial charge in [-0.25, -0.2) is 4.98 Å². The molecule has 0 unspecified atom stereocenters. The molecule has 2 aromatic heterocycles. The summed E-state index contributed by atoms with van der Waals surface area (Å²) in [6.45, 7) is 0.271. The highest BCUT2D eigenvalue weighted by Gasteiger charge is 2.16. The number of hydrogen-bond donors (Lipinski definition) is 1. The Morgan fingerprint density at radius 3 is 2.89 bits per heavy atom. The molecule has 1 N–H and O–H groups in total. The van der Waals surface area contributed by atoms with Crippen LogP contribution in [-0.4, -0.2) is 41.1 Å². The van der Waals surface area contributed by atoms with E-state index in [1.807, 2.05) is 11.4 Å². The Labute approximate surface area is 121 Å². The Hall–Kier alpha value is -0.760. The van der Waals surface area contributed by atoms with E-state index in [2.05, 4.69) is 20.9 Å². The molecule has 0 fully saturated rings. The first-order valence-electron chi connectivity index (χ1n) is 5.18. The van der Waals surface area contributed by atoms with E-state index in [1.165, 1.54) is 16.2 Å². The van der Waals surface area contributed by atoms with Gasteiger partial charge in [0.2, 0.25) is 0 Å². The van der Waals surface area contributed by atoms with E-state index in [9.17, 15) is 4.79 Å². The summed E-state index contributed by atoms with van der Waals surface area (Å²) in [5, 5.41) is 13.4. The molecular weight excluding hydrogens is 336 g/mol. The lowest BCUT2D eigenvalue weighted by molar-refractivity contribution is 0.0762. The Morgan fingerprint density at radius 1 is 1.50 bits per heavy atom. The zero-order valence-corrected chi connectivity index (χ0v) is 12.8. The molecule has 0 atom stereocenters. The van der Waals surface area contributed by atoms with Crippen LogP contribution in [-0.2, 0) is 0 Å². The van der Waals surface area contributed by atoms with Crippen molar-refractivity contribution in [2.45, 2.75) is 0 Å². The minimum absolute atomic E-state index is 0.0445. The van der Waals surface area contributed by atoms with E-state index < -0.39 is 0 Å². The Morgan fingerprint density at radius 2 is 2.28 bits per heavy atom. The highest BCUT2D eigenvalue weighted by Crippen LogP contribution is 2.32. The number of thiophene rings is 1. The smallest absolute Gasteiger partial charge is 0.273 e. The van der Waals surface area contributed by atoms with Crippen LogP contribution in [0.25, 0.3) is 9.88 Å². The second-order valence-electron chi connectivity index (χ2n) is 3.62. The van der Waals surface area contributed by atoms with Gasteiger partial charge in [0, 0.05) is 28.8 Å². The van der Waals surface area contributed by atoms with Crippen LogP contribution in [0.5, 0.6) is 0 Å². The number of hydrogen-bond acceptors (Lipinski definition) is 5. The summed E-state index contributed by atoms with van der Waals surface area (Å²) in [5.41, 5.74) is 0.426. The first-order chi connectivity index (χ1) is 8.61. The molecule has 0 radical (unpaired) electrons. The molecule has 7 heteroatoms. The van der Waals surface area contributed by atoms with Gasteiger partial charge in [0.15, 0.2) is 0 Å². The maximum Gasteiger partial charge on any atom is 0.273 e. The van der Waals surface area contributed by atoms with Gasteiger partial charge in [0.25, 0.3) is 5.91 Å². The fourth-order valence-corrected chi connectivity index (χ4v) is 3.66. The number of halogens is 1. The fraction of sp³-hybridized carbons (Fsp3) is 0.273. The normalized spacial score (nSPS) is 10.6. The third-order valence-corrected chi connectivity index (χ3v) is 4.99. The number of carbonyl (C=O) groups is 1. The van der Waals surface area contributed by atoms with Crippen molar-refractivity contribution in [1.29, 1.82) is 0 Å². The predicted molar refractivity (Wildman–Crippen MR) is 77.2 cm³/mol. The third kappa shape index (κ3) is 2.97. The zero-order chi connectivity index (χ0) is 13.1. The van der Waals surface area contributed by atoms with Crippen LogP contribution in [0.15, 0.2) is 21.3 Å². The van der Waals surface area contributed by atoms with Crippen LogP contribution in [0.4, 0.5) is 0 Å². The van der Waals surface area contributed by atoms with Gasteiger partial charge in [-0.3, -0.25) is 4.79 Å². The topological polar surface area (TPSA) is 53.4 Å². The van der Waals surface area contributed by atoms with E-state index in [-0.39, 0.29) is 12.5 Å². The summed E-state index contributed by atoms with van der Waals surface area (Å²) >= 11 is 6.42. The van der Waals surface area contributed by atoms with Crippen LogP contribution < -0.4 is 0 Å². The lowest BCUT2D eigenvalue weighted by Crippen LogP contribution is -2.29. The predicted octanol–water partition coefficient (Wildman–Crippen LogP) is 2.70. The lowest BCUT2D eigenvalue weighted by atomic mass is 10.4. The molecule has 18 heavy (non-hydrogen) atoms. The standard InChI is InChI=1S/C11H11BrN2O2S2/c1-14(2-3-15)11(16)8-6-18-10(13-8)9-4-7(12)5-17-9/h4-6,15H,2-3H2,1H3. The van der Waals surface area contributed by atoms with Crippen molar-refractivity contribution in [3.05, 3.63) is 27.0 Å². The maximum atomic E-state index is 11.9. The minimum atomic E-state index is -0.165. The number of aromatic nitrogens is 1. The molecule has 2 rings (SSSR count). The number of likely N-dealkylation sites (N-methyl/N-ethyl adjacent to an activating group) is 1. The molecule has 2 heterocycles. The molecule has 1 amide bonds. The summed E-state index contributed by atoms with van der Waals surface area (Å²) in [7, 11) is 1.65. The van der Waals surface area contributed by atoms with Gasteiger partial charge < -0.3 is 10.0 Å². The second-order valence-corrected chi connectivity index (χ2v) is 6.30. The van der Waals surface area contributed by atoms with Crippen LogP contribution >= 0.6 is 38.6 Å². The molecule has 0 aliphatic heterocycles. The lowest BCUT2D eigenvalue weighted by Gasteiger charge is -2.13. The highest BCUT2D eigenvalue weighted by atomic mass is 79.9. The molecule has 0 aliphatic carbocycles. The number of rotatable bonds is 4. The number of aliphatic hydroxyl groups excluding tert-OH is 1. The maximum absolute atomic E-state index is 11.9. The fourth-order valence-electron chi connectivity index (χ4n) is 1.36. The Kier molecular flexibility index (Phi) is 4.50. The van der Waals surface area contributed by atoms with Gasteiger partial charge in [-0.2, -0.15) is 0 Å². The average molecular weight is 347 g/mol. The van der Waals surface area contributed by atoms with Gasteiger partial charge in [0.1, 0.15) is 10.7 Å². The second kappa shape index (κ2) is 5.92. The Bertz CT molecular complexity index is 553. The van der Waals surface area contributed by atoms with Crippen molar-refractivity contribution in [1.82, 2.24) is 9.88 Å². The van der Waals surface area contributed by atoms with Gasteiger partial charge in [-0.1, -0.05) is 0 Å². The summed E-state index contributed by atoms with van der Waals surface area (Å²) in [6.07, 6.45) is 0. The minimum Gasteiger partial charge on any atom is -0.395 e. The molecule has 0 aromatic carbocycles. The monoisotopic (exact) mass is 346 g/mol. The summed E-state index contributed by atoms with van der Waals surface area (Å²) in [4.78, 5) is 18.8. The highest BCUT2D eigenvalue weighted by molar-refractivity contribution is 9.10. The van der Waals surface area contributed by atoms with Crippen LogP contribution in [0.1, 0.15) is 10.5 Å². The van der Waals surface area contributed by atoms with E-state index in [1.54, 1.807) is 23.8 Å². The third-order valence-electron chi connectivity index (χ3n) is 2.28. The molecule has 0 saturated carbocycles. The van der Waals surface area contributed by atoms with Crippen molar-refractivity contribution in [3.63, 3.8) is 0 Å². The summed E-state index contributed by atoms with van der Waals surface area (Å²) in [6, 6.07) is 1.98. The first-order valence-corrected chi connectivity index (χ1v) is 7.73. The molecule has 2 aromatic rings. The van der Waals surface area contributed by atoms with Crippen molar-refractivity contribution in [2.24, 2.45) is 0 Å². The first kappa shape index (κ1) is 13.7. The number of carbonyl (C=O) groups excluding carboxylic acids is 1. The molecule has 0 aliphatic rings. The number of nitrogens with zero attached hydrogens (tertiary/aromatic N) is 2. The number of aliphatic hydroxyl groups is 1. The van der Waals surface area contributed by atoms with Gasteiger partial charge in [-0.05, 0) is 22.0 Å². The van der Waals surface area contributed by atoms with Crippen LogP contribution in [0.2, 0.25) is 0 Å². The van der Waals surface area contributed by atoms with Gasteiger partial charge in [-0.15, -0.1) is 22.7 Å². The van der Waals surface area contributed by atoms with E-state index in [0.29, 0.717) is 12.2 Å². The van der Waals surface area contributed by atoms with Gasteiger partial charge in [0.05, 0.1) is 11.5 Å². The van der Waals surface area contributed by atoms with Crippen molar-refractivity contribution >= 4 is 44.5 Å². The van der Waals surface area contributed by atoms with Crippen molar-refractivity contribution in [2.75, 3.05) is 20.2 Å². The SMILES string of the molecule is CN(CCO)C(=O)c1csc(-c2cc(Br)cs2)n1. The Balaban J connectivity index is 2.18. The quantitative estimate of drug-likeness (QED) is 0.925. The summed E-state index contributed by atoms with van der Waals surface area (Å²) < 4.78 is 1.02. The van der Waals surface area contributed by atoms with Crippen molar-refractivity contribution in [3.8, 4) is 9.88 Å². The van der Waals surface area contributed by atoms with E-state index in [4.69, 9.17) is 5.11 Å². The largest absolute Gasteiger partial charge is 0.395 e. The molecule has 0 bridgehead atoms. The van der Waals surface area contributed by atoms with Crippen LogP contribution in [0, 0.1) is 0 Å². The van der Waals surface area contributed by atoms with Gasteiger partial charge >= 0.3 is 0 Å². The molecule has 0 saturated heterocycles. The molecule has 0 spiro atoms.